The summed E-state index contributed by atoms with van der Waals surface area (Å²) in [6.07, 6.45) is 0.875. The van der Waals surface area contributed by atoms with Gasteiger partial charge in [-0.3, -0.25) is 0 Å². The van der Waals surface area contributed by atoms with Gasteiger partial charge >= 0.3 is 0 Å². The first-order valence-corrected chi connectivity index (χ1v) is 6.38. The van der Waals surface area contributed by atoms with E-state index in [-0.39, 0.29) is 0 Å². The fraction of sp³-hybridized carbons (Fsp3) is 0.333. The summed E-state index contributed by atoms with van der Waals surface area (Å²) in [5.41, 5.74) is 4.70. The Bertz CT molecular complexity index is 508. The highest BCUT2D eigenvalue weighted by molar-refractivity contribution is 7.15. The Morgan fingerprint density at radius 1 is 1.29 bits per heavy atom. The Morgan fingerprint density at radius 2 is 2.06 bits per heavy atom. The Morgan fingerprint density at radius 3 is 2.59 bits per heavy atom. The molecular formula is C12H16N4S. The van der Waals surface area contributed by atoms with Crippen LogP contribution in [0.25, 0.3) is 10.7 Å². The van der Waals surface area contributed by atoms with Gasteiger partial charge in [-0.05, 0) is 32.4 Å². The molecule has 0 unspecified atom stereocenters. The number of aromatic nitrogens is 2. The zero-order chi connectivity index (χ0) is 12.4. The molecule has 0 aromatic carbocycles. The van der Waals surface area contributed by atoms with Crippen molar-refractivity contribution in [1.29, 1.82) is 0 Å². The first-order valence-electron chi connectivity index (χ1n) is 5.56. The predicted octanol–water partition coefficient (Wildman–Crippen LogP) is 2.67. The molecule has 0 saturated heterocycles. The quantitative estimate of drug-likeness (QED) is 0.647. The number of hydrogen-bond donors (Lipinski definition) is 2. The van der Waals surface area contributed by atoms with Crippen molar-refractivity contribution in [2.24, 2.45) is 5.84 Å². The number of nitrogen functional groups attached to an aromatic ring is 1. The van der Waals surface area contributed by atoms with Crippen LogP contribution in [0.3, 0.4) is 0 Å². The van der Waals surface area contributed by atoms with E-state index in [9.17, 15) is 0 Å². The van der Waals surface area contributed by atoms with Gasteiger partial charge < -0.3 is 5.43 Å². The maximum Gasteiger partial charge on any atom is 0.171 e. The number of rotatable bonds is 3. The molecule has 2 heterocycles. The molecule has 0 aliphatic rings. The minimum atomic E-state index is 0.706. The highest BCUT2D eigenvalue weighted by Gasteiger charge is 2.11. The summed E-state index contributed by atoms with van der Waals surface area (Å²) in [6, 6.07) is 4.12. The van der Waals surface area contributed by atoms with E-state index in [1.165, 1.54) is 4.88 Å². The number of aryl methyl sites for hydroxylation is 2. The second kappa shape index (κ2) is 4.81. The lowest BCUT2D eigenvalue weighted by Crippen LogP contribution is -2.13. The number of anilines is 1. The summed E-state index contributed by atoms with van der Waals surface area (Å²) >= 11 is 1.69. The summed E-state index contributed by atoms with van der Waals surface area (Å²) in [4.78, 5) is 11.4. The second-order valence-corrected chi connectivity index (χ2v) is 5.16. The van der Waals surface area contributed by atoms with E-state index >= 15 is 0 Å². The topological polar surface area (TPSA) is 63.8 Å². The molecule has 0 aliphatic heterocycles. The molecule has 0 radical (unpaired) electrons. The molecule has 0 fully saturated rings. The van der Waals surface area contributed by atoms with Gasteiger partial charge in [0.25, 0.3) is 0 Å². The van der Waals surface area contributed by atoms with Crippen LogP contribution in [0.4, 0.5) is 5.82 Å². The summed E-state index contributed by atoms with van der Waals surface area (Å²) in [7, 11) is 0. The average Bonchev–Trinajstić information content (AvgIpc) is 2.76. The van der Waals surface area contributed by atoms with E-state index in [0.717, 1.165) is 28.4 Å². The number of nitrogens with two attached hydrogens (primary N) is 1. The number of thiophene rings is 1. The molecule has 5 heteroatoms. The molecule has 4 nitrogen and oxygen atoms in total. The third kappa shape index (κ3) is 2.30. The van der Waals surface area contributed by atoms with E-state index in [1.54, 1.807) is 11.3 Å². The standard InChI is InChI=1S/C12H16N4S/c1-4-9-8(3)11(16-13)15-12(14-9)10-6-5-7(2)17-10/h5-6H,4,13H2,1-3H3,(H,14,15,16). The molecule has 2 aromatic rings. The molecule has 0 saturated carbocycles. The van der Waals surface area contributed by atoms with Gasteiger partial charge in [-0.25, -0.2) is 15.8 Å². The molecule has 3 N–H and O–H groups in total. The number of nitrogens with one attached hydrogen (secondary N) is 1. The van der Waals surface area contributed by atoms with Gasteiger partial charge in [0.1, 0.15) is 5.82 Å². The fourth-order valence-corrected chi connectivity index (χ4v) is 2.51. The predicted molar refractivity (Wildman–Crippen MR) is 72.0 cm³/mol. The van der Waals surface area contributed by atoms with Gasteiger partial charge in [-0.2, -0.15) is 0 Å². The first kappa shape index (κ1) is 12.0. The van der Waals surface area contributed by atoms with E-state index in [4.69, 9.17) is 5.84 Å². The highest BCUT2D eigenvalue weighted by Crippen LogP contribution is 2.27. The van der Waals surface area contributed by atoms with E-state index < -0.39 is 0 Å². The van der Waals surface area contributed by atoms with Crippen LogP contribution in [-0.4, -0.2) is 9.97 Å². The molecule has 2 rings (SSSR count). The van der Waals surface area contributed by atoms with Crippen molar-refractivity contribution >= 4 is 17.2 Å². The largest absolute Gasteiger partial charge is 0.308 e. The van der Waals surface area contributed by atoms with Crippen molar-refractivity contribution in [3.63, 3.8) is 0 Å². The SMILES string of the molecule is CCc1nc(-c2ccc(C)s2)nc(NN)c1C. The zero-order valence-electron chi connectivity index (χ0n) is 10.2. The third-order valence-electron chi connectivity index (χ3n) is 2.68. The smallest absolute Gasteiger partial charge is 0.171 e. The molecule has 0 atom stereocenters. The number of hydrogen-bond acceptors (Lipinski definition) is 5. The van der Waals surface area contributed by atoms with E-state index in [0.29, 0.717) is 5.82 Å². The first-order chi connectivity index (χ1) is 8.15. The summed E-state index contributed by atoms with van der Waals surface area (Å²) < 4.78 is 0. The van der Waals surface area contributed by atoms with Gasteiger partial charge in [-0.1, -0.05) is 6.92 Å². The number of nitrogens with zero attached hydrogens (tertiary/aromatic N) is 2. The maximum atomic E-state index is 5.49. The van der Waals surface area contributed by atoms with E-state index in [2.05, 4.69) is 35.3 Å². The molecule has 17 heavy (non-hydrogen) atoms. The van der Waals surface area contributed by atoms with Crippen molar-refractivity contribution in [1.82, 2.24) is 9.97 Å². The average molecular weight is 248 g/mol. The summed E-state index contributed by atoms with van der Waals surface area (Å²) in [5.74, 6) is 6.94. The Hall–Kier alpha value is -1.46. The highest BCUT2D eigenvalue weighted by atomic mass is 32.1. The molecule has 90 valence electrons. The summed E-state index contributed by atoms with van der Waals surface area (Å²) in [6.45, 7) is 6.14. The van der Waals surface area contributed by atoms with Crippen molar-refractivity contribution in [3.05, 3.63) is 28.3 Å². The van der Waals surface area contributed by atoms with Crippen LogP contribution in [0.1, 0.15) is 23.1 Å². The third-order valence-corrected chi connectivity index (χ3v) is 3.68. The minimum absolute atomic E-state index is 0.706. The van der Waals surface area contributed by atoms with Crippen LogP contribution in [0, 0.1) is 13.8 Å². The molecule has 0 bridgehead atoms. The van der Waals surface area contributed by atoms with Crippen molar-refractivity contribution in [2.75, 3.05) is 5.43 Å². The van der Waals surface area contributed by atoms with Crippen LogP contribution in [-0.2, 0) is 6.42 Å². The lowest BCUT2D eigenvalue weighted by atomic mass is 10.2. The normalized spacial score (nSPS) is 10.6. The molecular weight excluding hydrogens is 232 g/mol. The Kier molecular flexibility index (Phi) is 3.40. The number of hydrazine groups is 1. The Balaban J connectivity index is 2.55. The second-order valence-electron chi connectivity index (χ2n) is 3.88. The van der Waals surface area contributed by atoms with Gasteiger partial charge in [-0.15, -0.1) is 11.3 Å². The monoisotopic (exact) mass is 248 g/mol. The van der Waals surface area contributed by atoms with Crippen molar-refractivity contribution in [3.8, 4) is 10.7 Å². The molecule has 0 spiro atoms. The van der Waals surface area contributed by atoms with Crippen LogP contribution in [0.15, 0.2) is 12.1 Å². The zero-order valence-corrected chi connectivity index (χ0v) is 11.1. The van der Waals surface area contributed by atoms with Crippen LogP contribution in [0.5, 0.6) is 0 Å². The lowest BCUT2D eigenvalue weighted by Gasteiger charge is -2.09. The molecule has 2 aromatic heterocycles. The lowest BCUT2D eigenvalue weighted by molar-refractivity contribution is 0.975. The van der Waals surface area contributed by atoms with Crippen LogP contribution in [0.2, 0.25) is 0 Å². The minimum Gasteiger partial charge on any atom is -0.308 e. The fourth-order valence-electron chi connectivity index (χ4n) is 1.71. The van der Waals surface area contributed by atoms with Crippen LogP contribution >= 0.6 is 11.3 Å². The van der Waals surface area contributed by atoms with Crippen molar-refractivity contribution < 1.29 is 0 Å². The molecule has 0 aliphatic carbocycles. The van der Waals surface area contributed by atoms with Crippen LogP contribution < -0.4 is 11.3 Å². The van der Waals surface area contributed by atoms with Crippen molar-refractivity contribution in [2.45, 2.75) is 27.2 Å². The summed E-state index contributed by atoms with van der Waals surface area (Å²) in [5, 5.41) is 0. The maximum absolute atomic E-state index is 5.49. The Labute approximate surface area is 105 Å². The van der Waals surface area contributed by atoms with Gasteiger partial charge in [0.2, 0.25) is 0 Å². The van der Waals surface area contributed by atoms with E-state index in [1.807, 2.05) is 13.0 Å². The van der Waals surface area contributed by atoms with Gasteiger partial charge in [0.15, 0.2) is 5.82 Å². The van der Waals surface area contributed by atoms with Gasteiger partial charge in [0.05, 0.1) is 4.88 Å². The molecule has 0 amide bonds. The van der Waals surface area contributed by atoms with Gasteiger partial charge in [0, 0.05) is 16.1 Å².